The minimum atomic E-state index is -0.810. The third-order valence-electron chi connectivity index (χ3n) is 3.75. The molecule has 2 rings (SSSR count). The predicted octanol–water partition coefficient (Wildman–Crippen LogP) is 2.12. The molecular weight excluding hydrogens is 366 g/mol. The van der Waals surface area contributed by atoms with E-state index in [0.29, 0.717) is 11.1 Å². The number of carbonyl (C=O) groups is 3. The number of rotatable bonds is 7. The number of benzene rings is 2. The lowest BCUT2D eigenvalue weighted by atomic mass is 10.1. The average Bonchev–Trinajstić information content (AvgIpc) is 2.65. The number of amides is 2. The number of hydrogen-bond acceptors (Lipinski definition) is 6. The van der Waals surface area contributed by atoms with Gasteiger partial charge in [-0.25, -0.2) is 0 Å². The Kier molecular flexibility index (Phi) is 6.80. The average molecular weight is 385 g/mol. The lowest BCUT2D eigenvalue weighted by Gasteiger charge is -2.10. The molecule has 9 heteroatoms. The fraction of sp³-hybridized carbons (Fsp3) is 0.211. The largest absolute Gasteiger partial charge is 0.454 e. The molecule has 0 aliphatic rings. The van der Waals surface area contributed by atoms with Crippen LogP contribution in [0.5, 0.6) is 0 Å². The second kappa shape index (κ2) is 9.26. The van der Waals surface area contributed by atoms with Gasteiger partial charge in [0.1, 0.15) is 12.2 Å². The number of hydrogen-bond donors (Lipinski definition) is 2. The second-order valence-electron chi connectivity index (χ2n) is 5.99. The van der Waals surface area contributed by atoms with Gasteiger partial charge in [-0.2, -0.15) is 0 Å². The van der Waals surface area contributed by atoms with Gasteiger partial charge < -0.3 is 15.4 Å². The molecule has 0 aliphatic heterocycles. The summed E-state index contributed by atoms with van der Waals surface area (Å²) >= 11 is 0. The van der Waals surface area contributed by atoms with E-state index in [1.807, 2.05) is 13.0 Å². The quantitative estimate of drug-likeness (QED) is 0.427. The number of nitrogens with one attached hydrogen (secondary N) is 2. The van der Waals surface area contributed by atoms with Crippen LogP contribution in [0.15, 0.2) is 42.5 Å². The Morgan fingerprint density at radius 2 is 1.82 bits per heavy atom. The number of nitro groups is 1. The molecule has 2 N–H and O–H groups in total. The number of nitrogens with zero attached hydrogens (tertiary/aromatic N) is 1. The van der Waals surface area contributed by atoms with Crippen LogP contribution in [0.25, 0.3) is 0 Å². The van der Waals surface area contributed by atoms with E-state index in [-0.39, 0.29) is 11.4 Å². The van der Waals surface area contributed by atoms with Gasteiger partial charge in [0.2, 0.25) is 0 Å². The molecule has 0 aromatic heterocycles. The van der Waals surface area contributed by atoms with Crippen LogP contribution in [0.2, 0.25) is 0 Å². The minimum absolute atomic E-state index is 0.0429. The summed E-state index contributed by atoms with van der Waals surface area (Å²) in [5, 5.41) is 15.8. The SMILES string of the molecule is Cc1cccc(C(=O)NCC(=O)OCC(=O)Nc2c(C)cccc2[N+](=O)[O-])c1. The van der Waals surface area contributed by atoms with E-state index in [9.17, 15) is 24.5 Å². The fourth-order valence-electron chi connectivity index (χ4n) is 2.38. The number of carbonyl (C=O) groups excluding carboxylic acids is 3. The molecule has 2 amide bonds. The highest BCUT2D eigenvalue weighted by Crippen LogP contribution is 2.27. The van der Waals surface area contributed by atoms with E-state index >= 15 is 0 Å². The van der Waals surface area contributed by atoms with Gasteiger partial charge in [0, 0.05) is 11.6 Å². The lowest BCUT2D eigenvalue weighted by molar-refractivity contribution is -0.384. The monoisotopic (exact) mass is 385 g/mol. The summed E-state index contributed by atoms with van der Waals surface area (Å²) in [5.41, 5.74) is 1.58. The van der Waals surface area contributed by atoms with Gasteiger partial charge in [-0.1, -0.05) is 29.8 Å². The third kappa shape index (κ3) is 5.63. The number of anilines is 1. The Labute approximate surface area is 160 Å². The zero-order chi connectivity index (χ0) is 20.7. The van der Waals surface area contributed by atoms with E-state index in [1.165, 1.54) is 12.1 Å². The number of esters is 1. The van der Waals surface area contributed by atoms with Crippen LogP contribution in [-0.4, -0.2) is 35.9 Å². The summed E-state index contributed by atoms with van der Waals surface area (Å²) in [6.07, 6.45) is 0. The first-order valence-electron chi connectivity index (χ1n) is 8.32. The van der Waals surface area contributed by atoms with E-state index in [4.69, 9.17) is 4.74 Å². The zero-order valence-electron chi connectivity index (χ0n) is 15.4. The molecular formula is C19H19N3O6. The molecule has 0 bridgehead atoms. The van der Waals surface area contributed by atoms with Crippen LogP contribution in [-0.2, 0) is 14.3 Å². The van der Waals surface area contributed by atoms with Crippen molar-refractivity contribution in [1.82, 2.24) is 5.32 Å². The molecule has 0 spiro atoms. The van der Waals surface area contributed by atoms with Crippen molar-refractivity contribution in [3.63, 3.8) is 0 Å². The van der Waals surface area contributed by atoms with Crippen molar-refractivity contribution >= 4 is 29.2 Å². The first-order valence-corrected chi connectivity index (χ1v) is 8.32. The maximum absolute atomic E-state index is 12.0. The smallest absolute Gasteiger partial charge is 0.325 e. The molecule has 2 aromatic rings. The predicted molar refractivity (Wildman–Crippen MR) is 101 cm³/mol. The normalized spacial score (nSPS) is 10.1. The molecule has 0 radical (unpaired) electrons. The maximum atomic E-state index is 12.0. The van der Waals surface area contributed by atoms with E-state index in [0.717, 1.165) is 5.56 Å². The van der Waals surface area contributed by atoms with Crippen molar-refractivity contribution in [2.75, 3.05) is 18.5 Å². The molecule has 2 aromatic carbocycles. The van der Waals surface area contributed by atoms with Crippen molar-refractivity contribution in [2.45, 2.75) is 13.8 Å². The van der Waals surface area contributed by atoms with Gasteiger partial charge >= 0.3 is 5.97 Å². The maximum Gasteiger partial charge on any atom is 0.325 e. The first kappa shape index (κ1) is 20.6. The number of nitro benzene ring substituents is 1. The highest BCUT2D eigenvalue weighted by atomic mass is 16.6. The molecule has 0 aliphatic carbocycles. The summed E-state index contributed by atoms with van der Waals surface area (Å²) < 4.78 is 4.79. The Hall–Kier alpha value is -3.75. The summed E-state index contributed by atoms with van der Waals surface area (Å²) in [6, 6.07) is 11.2. The van der Waals surface area contributed by atoms with Crippen LogP contribution in [0, 0.1) is 24.0 Å². The highest BCUT2D eigenvalue weighted by Gasteiger charge is 2.18. The van der Waals surface area contributed by atoms with Gasteiger partial charge in [0.05, 0.1) is 4.92 Å². The topological polar surface area (TPSA) is 128 Å². The van der Waals surface area contributed by atoms with Gasteiger partial charge in [0.15, 0.2) is 6.61 Å². The first-order chi connectivity index (χ1) is 13.3. The van der Waals surface area contributed by atoms with Gasteiger partial charge in [-0.3, -0.25) is 24.5 Å². The summed E-state index contributed by atoms with van der Waals surface area (Å²) in [6.45, 7) is 2.40. The van der Waals surface area contributed by atoms with E-state index in [2.05, 4.69) is 10.6 Å². The Morgan fingerprint density at radius 1 is 1.11 bits per heavy atom. The van der Waals surface area contributed by atoms with Crippen molar-refractivity contribution < 1.29 is 24.0 Å². The summed E-state index contributed by atoms with van der Waals surface area (Å²) in [4.78, 5) is 46.0. The number of ether oxygens (including phenoxy) is 1. The minimum Gasteiger partial charge on any atom is -0.454 e. The van der Waals surface area contributed by atoms with Crippen molar-refractivity contribution in [3.05, 3.63) is 69.3 Å². The molecule has 146 valence electrons. The lowest BCUT2D eigenvalue weighted by Crippen LogP contribution is -2.32. The van der Waals surface area contributed by atoms with E-state index < -0.39 is 35.9 Å². The fourth-order valence-corrected chi connectivity index (χ4v) is 2.38. The standard InChI is InChI=1S/C19H19N3O6/c1-12-5-3-7-14(9-12)19(25)20-10-17(24)28-11-16(23)21-18-13(2)6-4-8-15(18)22(26)27/h3-9H,10-11H2,1-2H3,(H,20,25)(H,21,23). The van der Waals surface area contributed by atoms with Crippen LogP contribution in [0.4, 0.5) is 11.4 Å². The van der Waals surface area contributed by atoms with Crippen LogP contribution >= 0.6 is 0 Å². The summed E-state index contributed by atoms with van der Waals surface area (Å²) in [5.74, 6) is -1.98. The van der Waals surface area contributed by atoms with E-state index in [1.54, 1.807) is 31.2 Å². The van der Waals surface area contributed by atoms with Crippen LogP contribution < -0.4 is 10.6 Å². The molecule has 0 heterocycles. The molecule has 0 saturated heterocycles. The Bertz CT molecular complexity index is 926. The van der Waals surface area contributed by atoms with Gasteiger partial charge in [-0.05, 0) is 31.5 Å². The molecule has 0 fully saturated rings. The molecule has 0 saturated carbocycles. The van der Waals surface area contributed by atoms with Gasteiger partial charge in [0.25, 0.3) is 17.5 Å². The van der Waals surface area contributed by atoms with Crippen molar-refractivity contribution in [3.8, 4) is 0 Å². The van der Waals surface area contributed by atoms with Crippen LogP contribution in [0.1, 0.15) is 21.5 Å². The highest BCUT2D eigenvalue weighted by molar-refractivity contribution is 5.97. The molecule has 28 heavy (non-hydrogen) atoms. The number of para-hydroxylation sites is 1. The molecule has 0 atom stereocenters. The van der Waals surface area contributed by atoms with Crippen LogP contribution in [0.3, 0.4) is 0 Å². The van der Waals surface area contributed by atoms with Crippen molar-refractivity contribution in [2.24, 2.45) is 0 Å². The molecule has 0 unspecified atom stereocenters. The summed E-state index contributed by atoms with van der Waals surface area (Å²) in [7, 11) is 0. The Morgan fingerprint density at radius 3 is 2.50 bits per heavy atom. The number of aryl methyl sites for hydroxylation is 2. The Balaban J connectivity index is 1.84. The third-order valence-corrected chi connectivity index (χ3v) is 3.75. The zero-order valence-corrected chi connectivity index (χ0v) is 15.4. The van der Waals surface area contributed by atoms with Gasteiger partial charge in [-0.15, -0.1) is 0 Å². The second-order valence-corrected chi connectivity index (χ2v) is 5.99. The van der Waals surface area contributed by atoms with Crippen molar-refractivity contribution in [1.29, 1.82) is 0 Å². The molecule has 9 nitrogen and oxygen atoms in total.